The van der Waals surface area contributed by atoms with Crippen molar-refractivity contribution in [3.63, 3.8) is 0 Å². The van der Waals surface area contributed by atoms with Crippen molar-refractivity contribution in [2.24, 2.45) is 11.8 Å². The molecule has 0 bridgehead atoms. The lowest BCUT2D eigenvalue weighted by Crippen LogP contribution is -2.22. The molecule has 1 saturated carbocycles. The van der Waals surface area contributed by atoms with E-state index in [9.17, 15) is 19.8 Å². The molecule has 0 heterocycles. The molecule has 4 heteroatoms. The molecule has 2 N–H and O–H groups in total. The van der Waals surface area contributed by atoms with E-state index in [1.807, 2.05) is 33.8 Å². The van der Waals surface area contributed by atoms with E-state index in [4.69, 9.17) is 0 Å². The molecule has 0 saturated heterocycles. The van der Waals surface area contributed by atoms with E-state index in [1.54, 1.807) is 0 Å². The quantitative estimate of drug-likeness (QED) is 0.354. The van der Waals surface area contributed by atoms with E-state index in [2.05, 4.69) is 0 Å². The van der Waals surface area contributed by atoms with Gasteiger partial charge in [-0.1, -0.05) is 25.5 Å². The summed E-state index contributed by atoms with van der Waals surface area (Å²) < 4.78 is 0. The van der Waals surface area contributed by atoms with Gasteiger partial charge in [-0.25, -0.2) is 0 Å². The van der Waals surface area contributed by atoms with Crippen molar-refractivity contribution in [2.75, 3.05) is 0 Å². The van der Waals surface area contributed by atoms with Crippen LogP contribution in [0.3, 0.4) is 0 Å². The fourth-order valence-corrected chi connectivity index (χ4v) is 2.15. The fourth-order valence-electron chi connectivity index (χ4n) is 2.15. The molecule has 0 aliphatic heterocycles. The van der Waals surface area contributed by atoms with Crippen molar-refractivity contribution in [3.05, 3.63) is 23.0 Å². The number of aliphatic hydroxyl groups excluding tert-OH is 2. The molecule has 0 radical (unpaired) electrons. The highest BCUT2D eigenvalue weighted by Gasteiger charge is 2.45. The average Bonchev–Trinajstić information content (AvgIpc) is 2.47. The fraction of sp³-hybridized carbons (Fsp3) is 0.600. The lowest BCUT2D eigenvalue weighted by Gasteiger charge is -2.08. The molecular formula is C15H22O4. The van der Waals surface area contributed by atoms with Gasteiger partial charge in [-0.3, -0.25) is 9.59 Å². The smallest absolute Gasteiger partial charge is 0.199 e. The zero-order valence-corrected chi connectivity index (χ0v) is 11.9. The third-order valence-electron chi connectivity index (χ3n) is 3.15. The normalized spacial score (nSPS) is 26.0. The number of hydrogen-bond acceptors (Lipinski definition) is 4. The van der Waals surface area contributed by atoms with Crippen molar-refractivity contribution < 1.29 is 19.8 Å². The standard InChI is InChI=1S/C15H22O4/c1-8(2)5-6-10-13(17)12(15(19)14(10)18)11(16)7-9(3)4/h5,9-10,14,16,18H,6-7H2,1-4H3/b12-11-/t10-,14+/m1/s1. The molecule has 106 valence electrons. The topological polar surface area (TPSA) is 74.6 Å². The Balaban J connectivity index is 3.02. The van der Waals surface area contributed by atoms with Gasteiger partial charge in [0.2, 0.25) is 0 Å². The van der Waals surface area contributed by atoms with Gasteiger partial charge in [-0.15, -0.1) is 0 Å². The molecule has 0 aromatic rings. The van der Waals surface area contributed by atoms with E-state index in [0.29, 0.717) is 6.42 Å². The molecular weight excluding hydrogens is 244 g/mol. The zero-order chi connectivity index (χ0) is 14.7. The maximum absolute atomic E-state index is 12.1. The first-order chi connectivity index (χ1) is 8.75. The first-order valence-electron chi connectivity index (χ1n) is 6.57. The van der Waals surface area contributed by atoms with E-state index in [-0.39, 0.29) is 23.7 Å². The van der Waals surface area contributed by atoms with Gasteiger partial charge in [0.05, 0.1) is 5.92 Å². The maximum Gasteiger partial charge on any atom is 0.199 e. The zero-order valence-electron chi connectivity index (χ0n) is 11.9. The van der Waals surface area contributed by atoms with Crippen molar-refractivity contribution in [1.29, 1.82) is 0 Å². The summed E-state index contributed by atoms with van der Waals surface area (Å²) in [5, 5.41) is 19.7. The summed E-state index contributed by atoms with van der Waals surface area (Å²) in [4.78, 5) is 24.0. The third-order valence-corrected chi connectivity index (χ3v) is 3.15. The summed E-state index contributed by atoms with van der Waals surface area (Å²) in [5.74, 6) is -1.89. The highest BCUT2D eigenvalue weighted by molar-refractivity contribution is 6.28. The van der Waals surface area contributed by atoms with Gasteiger partial charge in [-0.2, -0.15) is 0 Å². The van der Waals surface area contributed by atoms with Crippen LogP contribution >= 0.6 is 0 Å². The van der Waals surface area contributed by atoms with E-state index < -0.39 is 23.6 Å². The van der Waals surface area contributed by atoms with Crippen molar-refractivity contribution in [3.8, 4) is 0 Å². The average molecular weight is 266 g/mol. The summed E-state index contributed by atoms with van der Waals surface area (Å²) in [6.07, 6.45) is 1.09. The molecule has 1 fully saturated rings. The van der Waals surface area contributed by atoms with Gasteiger partial charge in [0.25, 0.3) is 0 Å². The molecule has 4 nitrogen and oxygen atoms in total. The van der Waals surface area contributed by atoms with Gasteiger partial charge in [0, 0.05) is 6.42 Å². The summed E-state index contributed by atoms with van der Waals surface area (Å²) >= 11 is 0. The number of allylic oxidation sites excluding steroid dienone is 3. The Labute approximate surface area is 113 Å². The van der Waals surface area contributed by atoms with Gasteiger partial charge in [0.1, 0.15) is 17.4 Å². The molecule has 0 aromatic heterocycles. The second-order valence-corrected chi connectivity index (χ2v) is 5.72. The Morgan fingerprint density at radius 3 is 2.32 bits per heavy atom. The molecule has 1 aliphatic rings. The highest BCUT2D eigenvalue weighted by Crippen LogP contribution is 2.30. The second-order valence-electron chi connectivity index (χ2n) is 5.72. The lowest BCUT2D eigenvalue weighted by molar-refractivity contribution is -0.124. The van der Waals surface area contributed by atoms with Crippen molar-refractivity contribution in [2.45, 2.75) is 46.6 Å². The number of Topliss-reactive ketones (excluding diaryl/α,β-unsaturated/α-hetero) is 2. The Hall–Kier alpha value is -1.42. The number of rotatable bonds is 4. The summed E-state index contributed by atoms with van der Waals surface area (Å²) in [6, 6.07) is 0. The largest absolute Gasteiger partial charge is 0.511 e. The number of ketones is 2. The van der Waals surface area contributed by atoms with Crippen LogP contribution in [-0.2, 0) is 9.59 Å². The number of carbonyl (C=O) groups is 2. The van der Waals surface area contributed by atoms with Gasteiger partial charge < -0.3 is 10.2 Å². The number of aliphatic hydroxyl groups is 2. The van der Waals surface area contributed by atoms with E-state index >= 15 is 0 Å². The van der Waals surface area contributed by atoms with Gasteiger partial charge in [0.15, 0.2) is 11.6 Å². The highest BCUT2D eigenvalue weighted by atomic mass is 16.3. The number of hydrogen-bond donors (Lipinski definition) is 2. The van der Waals surface area contributed by atoms with Crippen molar-refractivity contribution in [1.82, 2.24) is 0 Å². The summed E-state index contributed by atoms with van der Waals surface area (Å²) in [7, 11) is 0. The Bertz CT molecular complexity index is 439. The third kappa shape index (κ3) is 3.53. The Morgan fingerprint density at radius 2 is 1.84 bits per heavy atom. The Morgan fingerprint density at radius 1 is 1.26 bits per heavy atom. The minimum atomic E-state index is -1.33. The molecule has 0 unspecified atom stereocenters. The van der Waals surface area contributed by atoms with Crippen LogP contribution in [0.15, 0.2) is 23.0 Å². The first-order valence-corrected chi connectivity index (χ1v) is 6.57. The van der Waals surface area contributed by atoms with Crippen LogP contribution < -0.4 is 0 Å². The molecule has 1 rings (SSSR count). The monoisotopic (exact) mass is 266 g/mol. The predicted molar refractivity (Wildman–Crippen MR) is 72.7 cm³/mol. The van der Waals surface area contributed by atoms with Crippen LogP contribution in [0, 0.1) is 11.8 Å². The molecule has 0 aromatic carbocycles. The van der Waals surface area contributed by atoms with E-state index in [0.717, 1.165) is 5.57 Å². The van der Waals surface area contributed by atoms with Crippen LogP contribution in [0.2, 0.25) is 0 Å². The summed E-state index contributed by atoms with van der Waals surface area (Å²) in [5.41, 5.74) is 0.824. The molecule has 0 amide bonds. The van der Waals surface area contributed by atoms with Crippen LogP contribution in [0.4, 0.5) is 0 Å². The second kappa shape index (κ2) is 6.15. The van der Waals surface area contributed by atoms with Gasteiger partial charge >= 0.3 is 0 Å². The number of carbonyl (C=O) groups excluding carboxylic acids is 2. The molecule has 1 aliphatic carbocycles. The van der Waals surface area contributed by atoms with Crippen molar-refractivity contribution >= 4 is 11.6 Å². The molecule has 19 heavy (non-hydrogen) atoms. The molecule has 2 atom stereocenters. The van der Waals surface area contributed by atoms with Crippen LogP contribution in [0.1, 0.15) is 40.5 Å². The Kier molecular flexibility index (Phi) is 5.06. The maximum atomic E-state index is 12.1. The van der Waals surface area contributed by atoms with Crippen LogP contribution in [0.25, 0.3) is 0 Å². The minimum absolute atomic E-state index is 0.141. The minimum Gasteiger partial charge on any atom is -0.511 e. The van der Waals surface area contributed by atoms with Crippen LogP contribution in [-0.4, -0.2) is 27.9 Å². The van der Waals surface area contributed by atoms with Gasteiger partial charge in [-0.05, 0) is 26.2 Å². The summed E-state index contributed by atoms with van der Waals surface area (Å²) in [6.45, 7) is 7.55. The SMILES string of the molecule is CC(C)=CC[C@@H]1C(=O)/C(=C(/O)CC(C)C)C(=O)[C@H]1O. The lowest BCUT2D eigenvalue weighted by atomic mass is 9.98. The predicted octanol–water partition coefficient (Wildman–Crippen LogP) is 2.33. The first kappa shape index (κ1) is 15.6. The van der Waals surface area contributed by atoms with Crippen LogP contribution in [0.5, 0.6) is 0 Å². The van der Waals surface area contributed by atoms with E-state index in [1.165, 1.54) is 0 Å². The molecule has 0 spiro atoms.